The number of benzene rings is 2. The molecule has 0 spiro atoms. The molecule has 4 atom stereocenters. The van der Waals surface area contributed by atoms with E-state index in [9.17, 15) is 13.2 Å². The van der Waals surface area contributed by atoms with E-state index >= 15 is 4.39 Å². The molecule has 1 aliphatic rings. The van der Waals surface area contributed by atoms with Gasteiger partial charge < -0.3 is 16.4 Å². The summed E-state index contributed by atoms with van der Waals surface area (Å²) in [4.78, 5) is 13.5. The van der Waals surface area contributed by atoms with Crippen LogP contribution in [0.25, 0.3) is 0 Å². The fourth-order valence-electron chi connectivity index (χ4n) is 5.40. The molecule has 218 valence electrons. The van der Waals surface area contributed by atoms with E-state index in [1.807, 2.05) is 12.1 Å². The molecule has 1 fully saturated rings. The number of anilines is 1. The van der Waals surface area contributed by atoms with E-state index in [0.717, 1.165) is 18.4 Å². The molecule has 0 aliphatic carbocycles. The Morgan fingerprint density at radius 1 is 1.23 bits per heavy atom. The quantitative estimate of drug-likeness (QED) is 0.303. The molecule has 1 aliphatic heterocycles. The van der Waals surface area contributed by atoms with Crippen molar-refractivity contribution in [2.24, 2.45) is 11.7 Å². The van der Waals surface area contributed by atoms with Gasteiger partial charge in [-0.3, -0.25) is 4.79 Å². The molecule has 0 aromatic heterocycles. The Hall–Kier alpha value is -2.48. The fourth-order valence-corrected chi connectivity index (χ4v) is 6.90. The van der Waals surface area contributed by atoms with Crippen molar-refractivity contribution in [3.05, 3.63) is 64.4 Å². The van der Waals surface area contributed by atoms with Crippen LogP contribution in [-0.4, -0.2) is 44.7 Å². The summed E-state index contributed by atoms with van der Waals surface area (Å²) in [6.45, 7) is 4.45. The maximum Gasteiger partial charge on any atom is 0.241 e. The number of hydrogen-bond acceptors (Lipinski definition) is 5. The molecule has 40 heavy (non-hydrogen) atoms. The van der Waals surface area contributed by atoms with Gasteiger partial charge in [0.05, 0.1) is 17.8 Å². The highest BCUT2D eigenvalue weighted by molar-refractivity contribution is 7.89. The second-order valence-electron chi connectivity index (χ2n) is 10.4. The Morgan fingerprint density at radius 2 is 1.93 bits per heavy atom. The molecule has 0 bridgehead atoms. The van der Waals surface area contributed by atoms with Crippen LogP contribution in [0.4, 0.5) is 10.1 Å². The number of terminal acetylenes is 1. The highest BCUT2D eigenvalue weighted by Crippen LogP contribution is 2.33. The van der Waals surface area contributed by atoms with Gasteiger partial charge >= 0.3 is 0 Å². The van der Waals surface area contributed by atoms with Gasteiger partial charge in [0.25, 0.3) is 0 Å². The molecule has 10 heteroatoms. The first-order chi connectivity index (χ1) is 19.1. The Bertz CT molecular complexity index is 1280. The molecular formula is C30H40ClFN4O3S. The normalized spacial score (nSPS) is 20.9. The first kappa shape index (κ1) is 32.0. The van der Waals surface area contributed by atoms with Crippen LogP contribution in [-0.2, 0) is 21.2 Å². The van der Waals surface area contributed by atoms with Crippen molar-refractivity contribution in [2.75, 3.05) is 17.6 Å². The van der Waals surface area contributed by atoms with E-state index in [4.69, 9.17) is 23.8 Å². The third-order valence-electron chi connectivity index (χ3n) is 7.68. The summed E-state index contributed by atoms with van der Waals surface area (Å²) >= 11 is 6.09. The van der Waals surface area contributed by atoms with E-state index in [2.05, 4.69) is 35.1 Å². The predicted octanol–water partition coefficient (Wildman–Crippen LogP) is 4.57. The largest absolute Gasteiger partial charge is 0.324 e. The number of hydrogen-bond donors (Lipinski definition) is 4. The molecule has 1 amide bonds. The average Bonchev–Trinajstić information content (AvgIpc) is 2.99. The van der Waals surface area contributed by atoms with Crippen molar-refractivity contribution in [3.8, 4) is 12.3 Å². The summed E-state index contributed by atoms with van der Waals surface area (Å²) in [6, 6.07) is 10.2. The summed E-state index contributed by atoms with van der Waals surface area (Å²) in [6.07, 6.45) is 8.75. The van der Waals surface area contributed by atoms with E-state index < -0.39 is 33.8 Å². The molecule has 3 rings (SSSR count). The topological polar surface area (TPSA) is 113 Å². The lowest BCUT2D eigenvalue weighted by Crippen LogP contribution is -2.44. The Kier molecular flexibility index (Phi) is 12.0. The lowest BCUT2D eigenvalue weighted by atomic mass is 9.77. The molecule has 1 heterocycles. The van der Waals surface area contributed by atoms with Crippen molar-refractivity contribution in [3.63, 3.8) is 0 Å². The van der Waals surface area contributed by atoms with Gasteiger partial charge in [0.1, 0.15) is 5.82 Å². The number of nitrogens with two attached hydrogens (primary N) is 1. The van der Waals surface area contributed by atoms with Gasteiger partial charge in [-0.2, -0.15) is 0 Å². The van der Waals surface area contributed by atoms with E-state index in [0.29, 0.717) is 42.1 Å². The van der Waals surface area contributed by atoms with Crippen LogP contribution in [0.15, 0.2) is 42.5 Å². The van der Waals surface area contributed by atoms with Crippen molar-refractivity contribution >= 4 is 33.2 Å². The molecule has 2 aromatic rings. The van der Waals surface area contributed by atoms with Crippen molar-refractivity contribution in [2.45, 2.75) is 76.4 Å². The number of halogens is 2. The molecule has 1 saturated heterocycles. The molecule has 2 aromatic carbocycles. The Morgan fingerprint density at radius 3 is 2.58 bits per heavy atom. The highest BCUT2D eigenvalue weighted by Gasteiger charge is 2.32. The van der Waals surface area contributed by atoms with Gasteiger partial charge in [-0.25, -0.2) is 17.5 Å². The summed E-state index contributed by atoms with van der Waals surface area (Å²) in [5.74, 6) is 1.63. The minimum Gasteiger partial charge on any atom is -0.324 e. The van der Waals surface area contributed by atoms with Crippen LogP contribution in [0.1, 0.15) is 63.0 Å². The van der Waals surface area contributed by atoms with Gasteiger partial charge in [-0.05, 0) is 61.4 Å². The second-order valence-corrected chi connectivity index (χ2v) is 12.7. The van der Waals surface area contributed by atoms with E-state index in [1.54, 1.807) is 18.2 Å². The summed E-state index contributed by atoms with van der Waals surface area (Å²) in [7, 11) is -3.50. The number of carbonyl (C=O) groups is 1. The predicted molar refractivity (Wildman–Crippen MR) is 160 cm³/mol. The zero-order valence-corrected chi connectivity index (χ0v) is 24.7. The van der Waals surface area contributed by atoms with Gasteiger partial charge in [0.15, 0.2) is 0 Å². The summed E-state index contributed by atoms with van der Waals surface area (Å²) in [5, 5.41) is 6.67. The second kappa shape index (κ2) is 14.9. The SMILES string of the molecule is C#CC1CCCS(=O)(=O)NC(CCc2c(F)cccc2NC(=O)[C@@H](N)C(c2ccc(Cl)cc2)C(CC)CC)CN1. The van der Waals surface area contributed by atoms with Crippen molar-refractivity contribution in [1.29, 1.82) is 0 Å². The lowest BCUT2D eigenvalue weighted by molar-refractivity contribution is -0.118. The van der Waals surface area contributed by atoms with Gasteiger partial charge in [0.2, 0.25) is 15.9 Å². The van der Waals surface area contributed by atoms with Crippen LogP contribution in [0, 0.1) is 24.1 Å². The molecule has 7 nitrogen and oxygen atoms in total. The monoisotopic (exact) mass is 590 g/mol. The van der Waals surface area contributed by atoms with Gasteiger partial charge in [-0.15, -0.1) is 6.42 Å². The Labute approximate surface area is 242 Å². The maximum atomic E-state index is 15.1. The molecule has 3 unspecified atom stereocenters. The summed E-state index contributed by atoms with van der Waals surface area (Å²) < 4.78 is 42.8. The van der Waals surface area contributed by atoms with Crippen molar-refractivity contribution < 1.29 is 17.6 Å². The lowest BCUT2D eigenvalue weighted by Gasteiger charge is -2.30. The minimum absolute atomic E-state index is 0.0203. The fraction of sp³-hybridized carbons (Fsp3) is 0.500. The maximum absolute atomic E-state index is 15.1. The zero-order chi connectivity index (χ0) is 29.3. The molecule has 5 N–H and O–H groups in total. The summed E-state index contributed by atoms with van der Waals surface area (Å²) in [5.41, 5.74) is 8.11. The van der Waals surface area contributed by atoms with Crippen molar-refractivity contribution in [1.82, 2.24) is 10.0 Å². The number of rotatable bonds is 10. The van der Waals surface area contributed by atoms with Crippen LogP contribution < -0.4 is 21.1 Å². The standard InChI is InChI=1S/C30H40ClFN4O3S/c1-4-20(5-2)28(21-12-14-22(31)15-13-21)29(33)30(37)35-27-11-7-10-26(32)25(27)17-16-24-19-34-23(6-3)9-8-18-40(38,39)36-24/h3,7,10-15,20,23-24,28-29,34,36H,4-5,8-9,16-19,33H2,1-2H3,(H,35,37)/t23?,24?,28?,29-/m0/s1. The van der Waals surface area contributed by atoms with E-state index in [-0.39, 0.29) is 30.1 Å². The first-order valence-corrected chi connectivity index (χ1v) is 15.9. The molecule has 0 saturated carbocycles. The molecule has 0 radical (unpaired) electrons. The number of sulfonamides is 1. The molecular weight excluding hydrogens is 551 g/mol. The number of amides is 1. The third-order valence-corrected chi connectivity index (χ3v) is 9.46. The van der Waals surface area contributed by atoms with E-state index in [1.165, 1.54) is 12.1 Å². The van der Waals surface area contributed by atoms with Crippen LogP contribution >= 0.6 is 11.6 Å². The van der Waals surface area contributed by atoms with Crippen LogP contribution in [0.5, 0.6) is 0 Å². The zero-order valence-electron chi connectivity index (χ0n) is 23.1. The average molecular weight is 591 g/mol. The van der Waals surface area contributed by atoms with Gasteiger partial charge in [-0.1, -0.05) is 62.4 Å². The number of carbonyl (C=O) groups excluding carboxylic acids is 1. The van der Waals surface area contributed by atoms with Crippen LogP contribution in [0.2, 0.25) is 5.02 Å². The smallest absolute Gasteiger partial charge is 0.241 e. The Balaban J connectivity index is 1.80. The first-order valence-electron chi connectivity index (χ1n) is 13.9. The highest BCUT2D eigenvalue weighted by atomic mass is 35.5. The third kappa shape index (κ3) is 8.76. The minimum atomic E-state index is -3.50. The number of nitrogens with one attached hydrogen (secondary N) is 3. The van der Waals surface area contributed by atoms with Gasteiger partial charge in [0, 0.05) is 34.8 Å². The van der Waals surface area contributed by atoms with Crippen LogP contribution in [0.3, 0.4) is 0 Å².